The second kappa shape index (κ2) is 12.0. The minimum Gasteiger partial charge on any atom is -0.381 e. The van der Waals surface area contributed by atoms with E-state index in [0.717, 1.165) is 19.1 Å². The lowest BCUT2D eigenvalue weighted by molar-refractivity contribution is 0.0979. The van der Waals surface area contributed by atoms with Crippen LogP contribution < -0.4 is 0 Å². The van der Waals surface area contributed by atoms with Crippen LogP contribution in [0.15, 0.2) is 0 Å². The monoisotopic (exact) mass is 214 g/mol. The van der Waals surface area contributed by atoms with E-state index >= 15 is 0 Å². The fourth-order valence-corrected chi connectivity index (χ4v) is 1.74. The molecular weight excluding hydrogens is 184 g/mol. The summed E-state index contributed by atoms with van der Waals surface area (Å²) < 4.78 is 5.65. The van der Waals surface area contributed by atoms with Crippen molar-refractivity contribution in [2.75, 3.05) is 13.2 Å². The maximum atomic E-state index is 5.65. The van der Waals surface area contributed by atoms with Crippen molar-refractivity contribution in [1.82, 2.24) is 0 Å². The van der Waals surface area contributed by atoms with Gasteiger partial charge in [0.05, 0.1) is 0 Å². The highest BCUT2D eigenvalue weighted by molar-refractivity contribution is 4.52. The van der Waals surface area contributed by atoms with Gasteiger partial charge in [-0.1, -0.05) is 59.3 Å². The van der Waals surface area contributed by atoms with Gasteiger partial charge in [-0.3, -0.25) is 0 Å². The maximum Gasteiger partial charge on any atom is 0.0491 e. The summed E-state index contributed by atoms with van der Waals surface area (Å²) in [6.45, 7) is 8.74. The van der Waals surface area contributed by atoms with Crippen molar-refractivity contribution in [1.29, 1.82) is 0 Å². The van der Waals surface area contributed by atoms with Gasteiger partial charge in [0.25, 0.3) is 0 Å². The van der Waals surface area contributed by atoms with Gasteiger partial charge < -0.3 is 4.74 Å². The predicted molar refractivity (Wildman–Crippen MR) is 68.3 cm³/mol. The molecule has 0 aromatic carbocycles. The molecule has 0 radical (unpaired) electrons. The second-order valence-electron chi connectivity index (χ2n) is 4.74. The van der Waals surface area contributed by atoms with Crippen LogP contribution in [0.1, 0.15) is 72.1 Å². The molecule has 0 bridgehead atoms. The van der Waals surface area contributed by atoms with Gasteiger partial charge in [0.1, 0.15) is 0 Å². The summed E-state index contributed by atoms with van der Waals surface area (Å²) in [5.74, 6) is 0.753. The van der Waals surface area contributed by atoms with Crippen molar-refractivity contribution in [3.8, 4) is 0 Å². The lowest BCUT2D eigenvalue weighted by Gasteiger charge is -2.11. The lowest BCUT2D eigenvalue weighted by Crippen LogP contribution is -2.06. The molecule has 0 rings (SSSR count). The predicted octanol–water partition coefficient (Wildman–Crippen LogP) is 4.80. The largest absolute Gasteiger partial charge is 0.381 e. The van der Waals surface area contributed by atoms with E-state index < -0.39 is 0 Å². The molecular formula is C14H30O. The fourth-order valence-electron chi connectivity index (χ4n) is 1.74. The average Bonchev–Trinajstić information content (AvgIpc) is 2.24. The highest BCUT2D eigenvalue weighted by atomic mass is 16.5. The van der Waals surface area contributed by atoms with Crippen LogP contribution in [0.3, 0.4) is 0 Å². The van der Waals surface area contributed by atoms with Crippen LogP contribution in [0.4, 0.5) is 0 Å². The van der Waals surface area contributed by atoms with Crippen molar-refractivity contribution in [3.63, 3.8) is 0 Å². The lowest BCUT2D eigenvalue weighted by atomic mass is 10.0. The van der Waals surface area contributed by atoms with Crippen LogP contribution in [-0.4, -0.2) is 13.2 Å². The normalized spacial score (nSPS) is 13.0. The van der Waals surface area contributed by atoms with Crippen LogP contribution in [0.25, 0.3) is 0 Å². The number of ether oxygens (including phenoxy) is 1. The number of hydrogen-bond acceptors (Lipinski definition) is 1. The summed E-state index contributed by atoms with van der Waals surface area (Å²) in [6, 6.07) is 0. The summed E-state index contributed by atoms with van der Waals surface area (Å²) in [6.07, 6.45) is 10.7. The molecule has 0 spiro atoms. The quantitative estimate of drug-likeness (QED) is 0.449. The summed E-state index contributed by atoms with van der Waals surface area (Å²) in [5.41, 5.74) is 0. The van der Waals surface area contributed by atoms with Crippen molar-refractivity contribution in [2.45, 2.75) is 72.1 Å². The van der Waals surface area contributed by atoms with Gasteiger partial charge in [0, 0.05) is 13.2 Å². The Morgan fingerprint density at radius 3 is 2.20 bits per heavy atom. The van der Waals surface area contributed by atoms with Crippen molar-refractivity contribution >= 4 is 0 Å². The smallest absolute Gasteiger partial charge is 0.0491 e. The first-order valence-corrected chi connectivity index (χ1v) is 6.89. The Hall–Kier alpha value is -0.0400. The summed E-state index contributed by atoms with van der Waals surface area (Å²) >= 11 is 0. The Morgan fingerprint density at radius 1 is 0.867 bits per heavy atom. The summed E-state index contributed by atoms with van der Waals surface area (Å²) in [7, 11) is 0. The highest BCUT2D eigenvalue weighted by Gasteiger charge is 2.01. The first-order chi connectivity index (χ1) is 7.31. The molecule has 1 nitrogen and oxygen atoms in total. The molecule has 0 amide bonds. The van der Waals surface area contributed by atoms with Crippen LogP contribution in [0.5, 0.6) is 0 Å². The fraction of sp³-hybridized carbons (Fsp3) is 1.00. The third-order valence-electron chi connectivity index (χ3n) is 2.85. The molecule has 0 aliphatic rings. The Morgan fingerprint density at radius 2 is 1.53 bits per heavy atom. The van der Waals surface area contributed by atoms with Crippen LogP contribution in [0.2, 0.25) is 0 Å². The molecule has 0 heterocycles. The van der Waals surface area contributed by atoms with E-state index in [2.05, 4.69) is 20.8 Å². The van der Waals surface area contributed by atoms with E-state index in [0.29, 0.717) is 0 Å². The van der Waals surface area contributed by atoms with E-state index in [-0.39, 0.29) is 0 Å². The van der Waals surface area contributed by atoms with Gasteiger partial charge in [0.15, 0.2) is 0 Å². The SMILES string of the molecule is CCCCCCC(C)COCCCCC. The Kier molecular flexibility index (Phi) is 12.0. The number of unbranched alkanes of at least 4 members (excludes halogenated alkanes) is 5. The molecule has 0 aliphatic carbocycles. The van der Waals surface area contributed by atoms with Crippen LogP contribution in [-0.2, 0) is 4.74 Å². The van der Waals surface area contributed by atoms with Gasteiger partial charge >= 0.3 is 0 Å². The van der Waals surface area contributed by atoms with E-state index in [9.17, 15) is 0 Å². The van der Waals surface area contributed by atoms with E-state index in [1.54, 1.807) is 0 Å². The van der Waals surface area contributed by atoms with Crippen molar-refractivity contribution < 1.29 is 4.74 Å². The van der Waals surface area contributed by atoms with Gasteiger partial charge in [0.2, 0.25) is 0 Å². The standard InChI is InChI=1S/C14H30O/c1-4-6-8-9-11-14(3)13-15-12-10-7-5-2/h14H,4-13H2,1-3H3. The molecule has 1 atom stereocenters. The molecule has 0 aliphatic heterocycles. The molecule has 0 fully saturated rings. The van der Waals surface area contributed by atoms with Crippen molar-refractivity contribution in [3.05, 3.63) is 0 Å². The zero-order valence-electron chi connectivity index (χ0n) is 11.1. The maximum absolute atomic E-state index is 5.65. The molecule has 0 aromatic heterocycles. The molecule has 15 heavy (non-hydrogen) atoms. The zero-order chi connectivity index (χ0) is 11.4. The van der Waals surface area contributed by atoms with Crippen molar-refractivity contribution in [2.24, 2.45) is 5.92 Å². The van der Waals surface area contributed by atoms with Gasteiger partial charge in [-0.25, -0.2) is 0 Å². The summed E-state index contributed by atoms with van der Waals surface area (Å²) in [4.78, 5) is 0. The van der Waals surface area contributed by atoms with E-state index in [4.69, 9.17) is 4.74 Å². The zero-order valence-corrected chi connectivity index (χ0v) is 11.1. The van der Waals surface area contributed by atoms with Crippen LogP contribution >= 0.6 is 0 Å². The Bertz CT molecular complexity index is 112. The minimum absolute atomic E-state index is 0.753. The van der Waals surface area contributed by atoms with Gasteiger partial charge in [-0.2, -0.15) is 0 Å². The molecule has 1 heteroatoms. The topological polar surface area (TPSA) is 9.23 Å². The first kappa shape index (κ1) is 15.0. The molecule has 1 unspecified atom stereocenters. The first-order valence-electron chi connectivity index (χ1n) is 6.89. The van der Waals surface area contributed by atoms with Gasteiger partial charge in [-0.05, 0) is 18.8 Å². The third-order valence-corrected chi connectivity index (χ3v) is 2.85. The number of rotatable bonds is 11. The Balaban J connectivity index is 3.08. The van der Waals surface area contributed by atoms with E-state index in [1.807, 2.05) is 0 Å². The molecule has 0 saturated carbocycles. The average molecular weight is 214 g/mol. The highest BCUT2D eigenvalue weighted by Crippen LogP contribution is 2.10. The van der Waals surface area contributed by atoms with E-state index in [1.165, 1.54) is 51.4 Å². The number of hydrogen-bond donors (Lipinski definition) is 0. The minimum atomic E-state index is 0.753. The molecule has 0 aromatic rings. The van der Waals surface area contributed by atoms with Gasteiger partial charge in [-0.15, -0.1) is 0 Å². The molecule has 0 saturated heterocycles. The third kappa shape index (κ3) is 11.9. The Labute approximate surface area is 96.6 Å². The van der Waals surface area contributed by atoms with Crippen LogP contribution in [0, 0.1) is 5.92 Å². The second-order valence-corrected chi connectivity index (χ2v) is 4.74. The molecule has 0 N–H and O–H groups in total. The molecule has 92 valence electrons. The summed E-state index contributed by atoms with van der Waals surface area (Å²) in [5, 5.41) is 0.